The average molecular weight is 468 g/mol. The highest BCUT2D eigenvalue weighted by Crippen LogP contribution is 2.26. The van der Waals surface area contributed by atoms with Crippen molar-refractivity contribution in [1.82, 2.24) is 9.80 Å². The van der Waals surface area contributed by atoms with Crippen LogP contribution in [0.3, 0.4) is 0 Å². The van der Waals surface area contributed by atoms with Crippen molar-refractivity contribution in [1.29, 1.82) is 0 Å². The number of piperidine rings is 1. The van der Waals surface area contributed by atoms with Crippen molar-refractivity contribution in [3.63, 3.8) is 0 Å². The fourth-order valence-corrected chi connectivity index (χ4v) is 4.72. The van der Waals surface area contributed by atoms with Crippen LogP contribution in [0.25, 0.3) is 0 Å². The molecule has 0 saturated carbocycles. The van der Waals surface area contributed by atoms with Crippen LogP contribution >= 0.6 is 0 Å². The van der Waals surface area contributed by atoms with Crippen molar-refractivity contribution in [2.24, 2.45) is 5.92 Å². The zero-order valence-electron chi connectivity index (χ0n) is 19.9. The molecule has 0 bridgehead atoms. The van der Waals surface area contributed by atoms with Gasteiger partial charge in [-0.05, 0) is 73.3 Å². The zero-order chi connectivity index (χ0) is 24.4. The van der Waals surface area contributed by atoms with Crippen LogP contribution in [0, 0.1) is 5.92 Å². The van der Waals surface area contributed by atoms with Gasteiger partial charge in [0.1, 0.15) is 0 Å². The van der Waals surface area contributed by atoms with Crippen molar-refractivity contribution in [2.75, 3.05) is 18.4 Å². The molecule has 5 rings (SSSR count). The first-order valence-corrected chi connectivity index (χ1v) is 12.1. The van der Waals surface area contributed by atoms with Crippen LogP contribution in [0.1, 0.15) is 62.0 Å². The molecule has 35 heavy (non-hydrogen) atoms. The van der Waals surface area contributed by atoms with Gasteiger partial charge in [-0.1, -0.05) is 49.4 Å². The van der Waals surface area contributed by atoms with E-state index in [1.807, 2.05) is 54.6 Å². The molecule has 6 heteroatoms. The fraction of sp³-hybridized carbons (Fsp3) is 0.276. The molecule has 3 amide bonds. The van der Waals surface area contributed by atoms with Crippen LogP contribution in [0.4, 0.5) is 5.69 Å². The minimum absolute atomic E-state index is 0.206. The van der Waals surface area contributed by atoms with E-state index >= 15 is 0 Å². The van der Waals surface area contributed by atoms with E-state index in [9.17, 15) is 14.4 Å². The second kappa shape index (κ2) is 9.84. The Morgan fingerprint density at radius 3 is 2.20 bits per heavy atom. The minimum atomic E-state index is -0.375. The molecule has 178 valence electrons. The van der Waals surface area contributed by atoms with Gasteiger partial charge < -0.3 is 5.32 Å². The second-order valence-corrected chi connectivity index (χ2v) is 9.55. The number of imide groups is 1. The molecule has 2 aliphatic heterocycles. The molecule has 2 aliphatic rings. The first-order valence-electron chi connectivity index (χ1n) is 12.1. The summed E-state index contributed by atoms with van der Waals surface area (Å²) in [6, 6.07) is 22.0. The number of nitrogens with one attached hydrogen (secondary N) is 1. The molecule has 0 spiro atoms. The number of fused-ring (bicyclic) bond motifs is 1. The highest BCUT2D eigenvalue weighted by atomic mass is 16.2. The van der Waals surface area contributed by atoms with Gasteiger partial charge in [0.15, 0.2) is 0 Å². The third kappa shape index (κ3) is 5.03. The summed E-state index contributed by atoms with van der Waals surface area (Å²) < 4.78 is 0. The Labute approximate surface area is 205 Å². The van der Waals surface area contributed by atoms with Gasteiger partial charge in [0.2, 0.25) is 0 Å². The summed E-state index contributed by atoms with van der Waals surface area (Å²) in [6.45, 7) is 5.69. The van der Waals surface area contributed by atoms with Gasteiger partial charge in [0.25, 0.3) is 17.7 Å². The van der Waals surface area contributed by atoms with Crippen molar-refractivity contribution in [3.05, 3.63) is 101 Å². The van der Waals surface area contributed by atoms with Gasteiger partial charge in [-0.15, -0.1) is 0 Å². The summed E-state index contributed by atoms with van der Waals surface area (Å²) in [4.78, 5) is 42.3. The highest BCUT2D eigenvalue weighted by molar-refractivity contribution is 6.22. The maximum absolute atomic E-state index is 12.9. The predicted octanol–water partition coefficient (Wildman–Crippen LogP) is 4.97. The highest BCUT2D eigenvalue weighted by Gasteiger charge is 2.36. The monoisotopic (exact) mass is 467 g/mol. The Hall–Kier alpha value is -3.77. The minimum Gasteiger partial charge on any atom is -0.322 e. The van der Waals surface area contributed by atoms with E-state index in [2.05, 4.69) is 17.1 Å². The van der Waals surface area contributed by atoms with Crippen molar-refractivity contribution in [2.45, 2.75) is 32.9 Å². The van der Waals surface area contributed by atoms with Gasteiger partial charge in [0, 0.05) is 17.8 Å². The topological polar surface area (TPSA) is 69.7 Å². The standard InChI is InChI=1S/C29H29N3O3/c1-20-13-15-31(16-14-20)18-22-7-10-24(11-8-22)30-27(33)23-9-12-25-26(17-23)29(35)32(28(25)34)19-21-5-3-2-4-6-21/h2-12,17,20H,13-16,18-19H2,1H3,(H,30,33). The van der Waals surface area contributed by atoms with Gasteiger partial charge in [-0.25, -0.2) is 0 Å². The summed E-state index contributed by atoms with van der Waals surface area (Å²) in [5.41, 5.74) is 3.73. The summed E-state index contributed by atoms with van der Waals surface area (Å²) in [5, 5.41) is 2.90. The van der Waals surface area contributed by atoms with Gasteiger partial charge in [0.05, 0.1) is 17.7 Å². The number of nitrogens with zero attached hydrogens (tertiary/aromatic N) is 2. The molecule has 0 aromatic heterocycles. The van der Waals surface area contributed by atoms with Crippen molar-refractivity contribution >= 4 is 23.4 Å². The summed E-state index contributed by atoms with van der Waals surface area (Å²) >= 11 is 0. The number of anilines is 1. The van der Waals surface area contributed by atoms with Gasteiger partial charge in [-0.3, -0.25) is 24.2 Å². The summed E-state index contributed by atoms with van der Waals surface area (Å²) in [6.07, 6.45) is 2.49. The molecule has 2 heterocycles. The molecule has 1 saturated heterocycles. The quantitative estimate of drug-likeness (QED) is 0.520. The third-order valence-corrected chi connectivity index (χ3v) is 6.91. The lowest BCUT2D eigenvalue weighted by atomic mass is 9.99. The fourth-order valence-electron chi connectivity index (χ4n) is 4.72. The van der Waals surface area contributed by atoms with E-state index in [0.717, 1.165) is 31.1 Å². The molecule has 0 atom stereocenters. The number of carbonyl (C=O) groups is 3. The maximum Gasteiger partial charge on any atom is 0.261 e. The van der Waals surface area contributed by atoms with Crippen LogP contribution in [0.2, 0.25) is 0 Å². The van der Waals surface area contributed by atoms with Gasteiger partial charge >= 0.3 is 0 Å². The van der Waals surface area contributed by atoms with Crippen LogP contribution in [-0.2, 0) is 13.1 Å². The molecule has 1 fully saturated rings. The Kier molecular flexibility index (Phi) is 6.47. The smallest absolute Gasteiger partial charge is 0.261 e. The van der Waals surface area contributed by atoms with E-state index in [-0.39, 0.29) is 29.8 Å². The SMILES string of the molecule is CC1CCN(Cc2ccc(NC(=O)c3ccc4c(c3)C(=O)N(Cc3ccccc3)C4=O)cc2)CC1. The lowest BCUT2D eigenvalue weighted by Crippen LogP contribution is -2.32. The van der Waals surface area contributed by atoms with E-state index in [4.69, 9.17) is 0 Å². The molecule has 0 radical (unpaired) electrons. The first-order chi connectivity index (χ1) is 17.0. The summed E-state index contributed by atoms with van der Waals surface area (Å²) in [5.74, 6) is -0.213. The number of hydrogen-bond acceptors (Lipinski definition) is 4. The van der Waals surface area contributed by atoms with E-state index in [1.165, 1.54) is 29.4 Å². The maximum atomic E-state index is 12.9. The number of amides is 3. The molecule has 0 aliphatic carbocycles. The van der Waals surface area contributed by atoms with Crippen molar-refractivity contribution in [3.8, 4) is 0 Å². The first kappa shape index (κ1) is 23.0. The molecule has 3 aromatic rings. The molecular formula is C29H29N3O3. The Morgan fingerprint density at radius 1 is 0.829 bits per heavy atom. The predicted molar refractivity (Wildman–Crippen MR) is 135 cm³/mol. The molecule has 6 nitrogen and oxygen atoms in total. The molecule has 3 aromatic carbocycles. The zero-order valence-corrected chi connectivity index (χ0v) is 19.9. The Balaban J connectivity index is 1.23. The van der Waals surface area contributed by atoms with Crippen LogP contribution in [0.5, 0.6) is 0 Å². The molecule has 0 unspecified atom stereocenters. The van der Waals surface area contributed by atoms with Crippen LogP contribution in [0.15, 0.2) is 72.8 Å². The van der Waals surface area contributed by atoms with E-state index < -0.39 is 0 Å². The Bertz CT molecular complexity index is 1250. The van der Waals surface area contributed by atoms with Crippen LogP contribution < -0.4 is 5.32 Å². The molecular weight excluding hydrogens is 438 g/mol. The number of rotatable bonds is 6. The summed E-state index contributed by atoms with van der Waals surface area (Å²) in [7, 11) is 0. The lowest BCUT2D eigenvalue weighted by molar-refractivity contribution is 0.0642. The Morgan fingerprint density at radius 2 is 1.49 bits per heavy atom. The largest absolute Gasteiger partial charge is 0.322 e. The van der Waals surface area contributed by atoms with Crippen LogP contribution in [-0.4, -0.2) is 40.6 Å². The number of benzene rings is 3. The lowest BCUT2D eigenvalue weighted by Gasteiger charge is -2.30. The van der Waals surface area contributed by atoms with E-state index in [0.29, 0.717) is 16.8 Å². The van der Waals surface area contributed by atoms with E-state index in [1.54, 1.807) is 12.1 Å². The number of hydrogen-bond donors (Lipinski definition) is 1. The third-order valence-electron chi connectivity index (χ3n) is 6.91. The van der Waals surface area contributed by atoms with Crippen molar-refractivity contribution < 1.29 is 14.4 Å². The molecule has 1 N–H and O–H groups in total. The second-order valence-electron chi connectivity index (χ2n) is 9.55. The average Bonchev–Trinajstić information content (AvgIpc) is 3.11. The number of carbonyl (C=O) groups excluding carboxylic acids is 3. The number of likely N-dealkylation sites (tertiary alicyclic amines) is 1. The normalized spacial score (nSPS) is 16.4. The van der Waals surface area contributed by atoms with Gasteiger partial charge in [-0.2, -0.15) is 0 Å².